The molecule has 6 heteroatoms. The van der Waals surface area contributed by atoms with Crippen molar-refractivity contribution in [2.45, 2.75) is 12.8 Å². The predicted octanol–water partition coefficient (Wildman–Crippen LogP) is 2.13. The Bertz CT molecular complexity index is 435. The van der Waals surface area contributed by atoms with Gasteiger partial charge >= 0.3 is 5.97 Å². The first-order valence-electron chi connectivity index (χ1n) is 4.92. The minimum absolute atomic E-state index is 0.0824. The largest absolute Gasteiger partial charge is 0.481 e. The average molecular weight is 276 g/mol. The molecule has 1 rings (SSSR count). The van der Waals surface area contributed by atoms with Gasteiger partial charge in [0.1, 0.15) is 0 Å². The fraction of sp³-hybridized carbons (Fsp3) is 0.273. The van der Waals surface area contributed by atoms with Crippen LogP contribution in [0.2, 0.25) is 10.0 Å². The number of carboxylic acids is 1. The van der Waals surface area contributed by atoms with E-state index >= 15 is 0 Å². The van der Waals surface area contributed by atoms with Crippen LogP contribution in [0, 0.1) is 0 Å². The zero-order valence-electron chi connectivity index (χ0n) is 8.87. The van der Waals surface area contributed by atoms with Crippen molar-refractivity contribution in [3.63, 3.8) is 0 Å². The second-order valence-corrected chi connectivity index (χ2v) is 4.17. The summed E-state index contributed by atoms with van der Waals surface area (Å²) in [4.78, 5) is 21.7. The molecule has 0 spiro atoms. The van der Waals surface area contributed by atoms with Crippen LogP contribution in [0.5, 0.6) is 0 Å². The van der Waals surface area contributed by atoms with Crippen molar-refractivity contribution in [3.8, 4) is 0 Å². The van der Waals surface area contributed by atoms with Gasteiger partial charge in [-0.25, -0.2) is 0 Å². The number of carboxylic acid groups (broad SMARTS) is 1. The summed E-state index contributed by atoms with van der Waals surface area (Å²) >= 11 is 11.7. The van der Waals surface area contributed by atoms with Crippen LogP contribution in [0.25, 0.3) is 0 Å². The molecule has 0 radical (unpaired) electrons. The molecule has 0 aliphatic rings. The Morgan fingerprint density at radius 2 is 2.00 bits per heavy atom. The molecule has 0 aliphatic carbocycles. The van der Waals surface area contributed by atoms with Gasteiger partial charge < -0.3 is 10.4 Å². The number of carbonyl (C=O) groups excluding carboxylic acids is 1. The number of rotatable bonds is 5. The highest BCUT2D eigenvalue weighted by atomic mass is 35.5. The van der Waals surface area contributed by atoms with E-state index in [1.807, 2.05) is 0 Å². The summed E-state index contributed by atoms with van der Waals surface area (Å²) in [6.07, 6.45) is -0.0198. The number of nitrogens with one attached hydrogen (secondary N) is 1. The van der Waals surface area contributed by atoms with E-state index in [0.717, 1.165) is 0 Å². The van der Waals surface area contributed by atoms with Gasteiger partial charge in [-0.3, -0.25) is 9.59 Å². The highest BCUT2D eigenvalue weighted by Gasteiger charge is 2.09. The van der Waals surface area contributed by atoms with Crippen molar-refractivity contribution in [2.75, 3.05) is 6.54 Å². The van der Waals surface area contributed by atoms with Crippen molar-refractivity contribution >= 4 is 35.1 Å². The Morgan fingerprint density at radius 1 is 1.29 bits per heavy atom. The Hall–Kier alpha value is -1.26. The van der Waals surface area contributed by atoms with Gasteiger partial charge in [-0.15, -0.1) is 0 Å². The molecule has 0 aliphatic heterocycles. The lowest BCUT2D eigenvalue weighted by Crippen LogP contribution is -2.27. The minimum Gasteiger partial charge on any atom is -0.481 e. The standard InChI is InChI=1S/C11H11Cl2NO3/c12-8-3-1-2-7(11(8)13)6-9(15)14-5-4-10(16)17/h1-3H,4-6H2,(H,14,15)(H,16,17). The fourth-order valence-electron chi connectivity index (χ4n) is 1.23. The second-order valence-electron chi connectivity index (χ2n) is 3.38. The summed E-state index contributed by atoms with van der Waals surface area (Å²) in [6, 6.07) is 5.04. The van der Waals surface area contributed by atoms with Crippen LogP contribution in [0.4, 0.5) is 0 Å². The van der Waals surface area contributed by atoms with Crippen molar-refractivity contribution < 1.29 is 14.7 Å². The van der Waals surface area contributed by atoms with Crippen molar-refractivity contribution in [1.82, 2.24) is 5.32 Å². The van der Waals surface area contributed by atoms with Gasteiger partial charge in [-0.1, -0.05) is 35.3 Å². The number of hydrogen-bond acceptors (Lipinski definition) is 2. The van der Waals surface area contributed by atoms with Crippen LogP contribution in [-0.2, 0) is 16.0 Å². The molecule has 1 amide bonds. The van der Waals surface area contributed by atoms with E-state index in [0.29, 0.717) is 15.6 Å². The lowest BCUT2D eigenvalue weighted by atomic mass is 10.1. The number of amides is 1. The number of halogens is 2. The molecule has 1 aromatic carbocycles. The van der Waals surface area contributed by atoms with Gasteiger partial charge in [-0.2, -0.15) is 0 Å². The number of carbonyl (C=O) groups is 2. The fourth-order valence-corrected chi connectivity index (χ4v) is 1.62. The molecule has 2 N–H and O–H groups in total. The van der Waals surface area contributed by atoms with Crippen LogP contribution in [0.15, 0.2) is 18.2 Å². The monoisotopic (exact) mass is 275 g/mol. The molecule has 0 saturated carbocycles. The summed E-state index contributed by atoms with van der Waals surface area (Å²) in [5.74, 6) is -1.23. The van der Waals surface area contributed by atoms with Gasteiger partial charge in [0.05, 0.1) is 22.9 Å². The number of benzene rings is 1. The lowest BCUT2D eigenvalue weighted by Gasteiger charge is -2.06. The van der Waals surface area contributed by atoms with Crippen LogP contribution in [0.3, 0.4) is 0 Å². The van der Waals surface area contributed by atoms with Crippen molar-refractivity contribution in [1.29, 1.82) is 0 Å². The van der Waals surface area contributed by atoms with Crippen LogP contribution in [-0.4, -0.2) is 23.5 Å². The Morgan fingerprint density at radius 3 is 2.65 bits per heavy atom. The SMILES string of the molecule is O=C(O)CCNC(=O)Cc1cccc(Cl)c1Cl. The molecule has 0 saturated heterocycles. The zero-order chi connectivity index (χ0) is 12.8. The first-order chi connectivity index (χ1) is 8.00. The molecule has 1 aromatic rings. The highest BCUT2D eigenvalue weighted by molar-refractivity contribution is 6.42. The normalized spacial score (nSPS) is 10.0. The number of hydrogen-bond donors (Lipinski definition) is 2. The topological polar surface area (TPSA) is 66.4 Å². The Balaban J connectivity index is 2.51. The summed E-state index contributed by atoms with van der Waals surface area (Å²) in [5.41, 5.74) is 0.618. The van der Waals surface area contributed by atoms with E-state index < -0.39 is 5.97 Å². The first kappa shape index (κ1) is 13.8. The van der Waals surface area contributed by atoms with Crippen LogP contribution in [0.1, 0.15) is 12.0 Å². The molecular weight excluding hydrogens is 265 g/mol. The van der Waals surface area contributed by atoms with Crippen LogP contribution >= 0.6 is 23.2 Å². The average Bonchev–Trinajstić information content (AvgIpc) is 2.24. The van der Waals surface area contributed by atoms with Crippen molar-refractivity contribution in [3.05, 3.63) is 33.8 Å². The predicted molar refractivity (Wildman–Crippen MR) is 65.4 cm³/mol. The summed E-state index contributed by atoms with van der Waals surface area (Å²) in [7, 11) is 0. The van der Waals surface area contributed by atoms with Gasteiger partial charge in [0.15, 0.2) is 0 Å². The van der Waals surface area contributed by atoms with E-state index in [9.17, 15) is 9.59 Å². The molecule has 0 heterocycles. The maximum Gasteiger partial charge on any atom is 0.305 e. The van der Waals surface area contributed by atoms with Gasteiger partial charge in [0.25, 0.3) is 0 Å². The Kier molecular flexibility index (Phi) is 5.25. The highest BCUT2D eigenvalue weighted by Crippen LogP contribution is 2.25. The van der Waals surface area contributed by atoms with Gasteiger partial charge in [0, 0.05) is 6.54 Å². The summed E-state index contributed by atoms with van der Waals surface area (Å²) in [5, 5.41) is 11.6. The third-order valence-corrected chi connectivity index (χ3v) is 2.90. The summed E-state index contributed by atoms with van der Waals surface area (Å²) in [6.45, 7) is 0.104. The van der Waals surface area contributed by atoms with E-state index in [-0.39, 0.29) is 25.3 Å². The maximum absolute atomic E-state index is 11.5. The minimum atomic E-state index is -0.953. The zero-order valence-corrected chi connectivity index (χ0v) is 10.4. The first-order valence-corrected chi connectivity index (χ1v) is 5.67. The van der Waals surface area contributed by atoms with E-state index in [4.69, 9.17) is 28.3 Å². The second kappa shape index (κ2) is 6.47. The lowest BCUT2D eigenvalue weighted by molar-refractivity contribution is -0.136. The quantitative estimate of drug-likeness (QED) is 0.865. The number of aliphatic carboxylic acids is 1. The third-order valence-electron chi connectivity index (χ3n) is 2.04. The molecule has 0 fully saturated rings. The molecule has 0 bridgehead atoms. The van der Waals surface area contributed by atoms with Crippen molar-refractivity contribution in [2.24, 2.45) is 0 Å². The van der Waals surface area contributed by atoms with E-state index in [1.54, 1.807) is 18.2 Å². The smallest absolute Gasteiger partial charge is 0.305 e. The maximum atomic E-state index is 11.5. The van der Waals surface area contributed by atoms with E-state index in [1.165, 1.54) is 0 Å². The molecule has 17 heavy (non-hydrogen) atoms. The van der Waals surface area contributed by atoms with Gasteiger partial charge in [0.2, 0.25) is 5.91 Å². The molecular formula is C11H11Cl2NO3. The Labute approximate surface area is 109 Å². The third kappa shape index (κ3) is 4.63. The van der Waals surface area contributed by atoms with Gasteiger partial charge in [-0.05, 0) is 11.6 Å². The molecule has 0 atom stereocenters. The molecule has 0 aromatic heterocycles. The van der Waals surface area contributed by atoms with E-state index in [2.05, 4.69) is 5.32 Å². The molecule has 0 unspecified atom stereocenters. The molecule has 92 valence electrons. The van der Waals surface area contributed by atoms with Crippen LogP contribution < -0.4 is 5.32 Å². The molecule has 4 nitrogen and oxygen atoms in total. The summed E-state index contributed by atoms with van der Waals surface area (Å²) < 4.78 is 0.